The van der Waals surface area contributed by atoms with Gasteiger partial charge >= 0.3 is 6.61 Å². The van der Waals surface area contributed by atoms with Crippen LogP contribution >= 0.6 is 24.0 Å². The summed E-state index contributed by atoms with van der Waals surface area (Å²) >= 11 is 0. The Morgan fingerprint density at radius 2 is 2.00 bits per heavy atom. The second-order valence-corrected chi connectivity index (χ2v) is 5.03. The number of nitrogens with zero attached hydrogens (tertiary/aromatic N) is 2. The van der Waals surface area contributed by atoms with Crippen LogP contribution in [0.2, 0.25) is 0 Å². The first kappa shape index (κ1) is 22.1. The molecule has 3 N–H and O–H groups in total. The minimum Gasteiger partial charge on any atom is -0.435 e. The Bertz CT molecular complexity index is 654. The molecule has 0 saturated heterocycles. The lowest BCUT2D eigenvalue weighted by molar-refractivity contribution is -0.0498. The molecule has 0 aliphatic rings. The predicted octanol–water partition coefficient (Wildman–Crippen LogP) is 2.68. The number of alkyl halides is 2. The minimum absolute atomic E-state index is 0. The van der Waals surface area contributed by atoms with Gasteiger partial charge in [-0.25, -0.2) is 4.99 Å². The number of hydrogen-bond donors (Lipinski definition) is 3. The number of ether oxygens (including phenoxy) is 1. The maximum Gasteiger partial charge on any atom is 0.387 e. The Kier molecular flexibility index (Phi) is 9.88. The SMILES string of the molecule is CCNC(=NCc1ccon1)NCC(O)c1ccc(OC(F)F)cc1.I. The molecule has 0 radical (unpaired) electrons. The van der Waals surface area contributed by atoms with Crippen LogP contribution in [0.15, 0.2) is 46.1 Å². The van der Waals surface area contributed by atoms with Gasteiger partial charge in [-0.1, -0.05) is 17.3 Å². The van der Waals surface area contributed by atoms with Crippen molar-refractivity contribution in [1.82, 2.24) is 15.8 Å². The van der Waals surface area contributed by atoms with Crippen molar-refractivity contribution in [2.24, 2.45) is 4.99 Å². The third-order valence-corrected chi connectivity index (χ3v) is 3.19. The zero-order chi connectivity index (χ0) is 18.1. The first-order valence-corrected chi connectivity index (χ1v) is 7.72. The van der Waals surface area contributed by atoms with Gasteiger partial charge in [0, 0.05) is 19.2 Å². The van der Waals surface area contributed by atoms with Crippen molar-refractivity contribution in [1.29, 1.82) is 0 Å². The lowest BCUT2D eigenvalue weighted by Gasteiger charge is -2.16. The van der Waals surface area contributed by atoms with Crippen LogP contribution in [0, 0.1) is 0 Å². The number of aliphatic hydroxyl groups is 1. The summed E-state index contributed by atoms with van der Waals surface area (Å²) in [6, 6.07) is 7.54. The van der Waals surface area contributed by atoms with Crippen molar-refractivity contribution in [2.75, 3.05) is 13.1 Å². The van der Waals surface area contributed by atoms with Gasteiger partial charge in [-0.15, -0.1) is 24.0 Å². The molecule has 0 aliphatic carbocycles. The highest BCUT2D eigenvalue weighted by atomic mass is 127. The van der Waals surface area contributed by atoms with E-state index in [-0.39, 0.29) is 36.3 Å². The summed E-state index contributed by atoms with van der Waals surface area (Å²) in [4.78, 5) is 4.33. The average molecular weight is 482 g/mol. The fourth-order valence-electron chi connectivity index (χ4n) is 2.00. The molecule has 2 rings (SSSR count). The summed E-state index contributed by atoms with van der Waals surface area (Å²) < 4.78 is 33.3. The molecule has 1 unspecified atom stereocenters. The molecule has 1 atom stereocenters. The van der Waals surface area contributed by atoms with Crippen LogP contribution in [-0.4, -0.2) is 35.9 Å². The third kappa shape index (κ3) is 7.52. The molecule has 0 aliphatic heterocycles. The number of nitrogens with one attached hydrogen (secondary N) is 2. The number of halogens is 3. The summed E-state index contributed by atoms with van der Waals surface area (Å²) in [5, 5.41) is 20.0. The lowest BCUT2D eigenvalue weighted by atomic mass is 10.1. The van der Waals surface area contributed by atoms with E-state index in [0.29, 0.717) is 30.3 Å². The molecule has 0 spiro atoms. The van der Waals surface area contributed by atoms with E-state index >= 15 is 0 Å². The van der Waals surface area contributed by atoms with Crippen molar-refractivity contribution in [2.45, 2.75) is 26.2 Å². The normalized spacial score (nSPS) is 12.4. The number of hydrogen-bond acceptors (Lipinski definition) is 5. The van der Waals surface area contributed by atoms with E-state index in [1.807, 2.05) is 6.92 Å². The molecule has 1 heterocycles. The number of guanidine groups is 1. The monoisotopic (exact) mass is 482 g/mol. The highest BCUT2D eigenvalue weighted by Gasteiger charge is 2.10. The summed E-state index contributed by atoms with van der Waals surface area (Å²) in [5.41, 5.74) is 1.26. The van der Waals surface area contributed by atoms with Crippen LogP contribution in [-0.2, 0) is 6.54 Å². The standard InChI is InChI=1S/C16H20F2N4O3.HI/c1-2-19-16(20-9-12-7-8-24-22-12)21-10-14(23)11-3-5-13(6-4-11)25-15(17)18;/h3-8,14-15,23H,2,9-10H2,1H3,(H2,19,20,21);1H. The van der Waals surface area contributed by atoms with Crippen LogP contribution in [0.1, 0.15) is 24.3 Å². The van der Waals surface area contributed by atoms with Gasteiger partial charge in [-0.2, -0.15) is 8.78 Å². The van der Waals surface area contributed by atoms with Crippen molar-refractivity contribution in [3.8, 4) is 5.75 Å². The molecule has 7 nitrogen and oxygen atoms in total. The Labute approximate surface area is 166 Å². The minimum atomic E-state index is -2.87. The van der Waals surface area contributed by atoms with E-state index in [1.54, 1.807) is 6.07 Å². The van der Waals surface area contributed by atoms with Crippen LogP contribution in [0.5, 0.6) is 5.75 Å². The van der Waals surface area contributed by atoms with Gasteiger partial charge in [0.25, 0.3) is 0 Å². The van der Waals surface area contributed by atoms with Gasteiger partial charge in [-0.3, -0.25) is 0 Å². The van der Waals surface area contributed by atoms with Gasteiger partial charge in [0.15, 0.2) is 5.96 Å². The van der Waals surface area contributed by atoms with E-state index in [2.05, 4.69) is 25.5 Å². The van der Waals surface area contributed by atoms with Crippen molar-refractivity contribution in [3.05, 3.63) is 47.9 Å². The molecule has 0 fully saturated rings. The van der Waals surface area contributed by atoms with Gasteiger partial charge < -0.3 is 25.0 Å². The molecular formula is C16H21F2IN4O3. The van der Waals surface area contributed by atoms with Crippen LogP contribution in [0.25, 0.3) is 0 Å². The first-order chi connectivity index (χ1) is 12.1. The number of aliphatic imine (C=N–C) groups is 1. The van der Waals surface area contributed by atoms with Crippen molar-refractivity contribution in [3.63, 3.8) is 0 Å². The fourth-order valence-corrected chi connectivity index (χ4v) is 2.00. The second kappa shape index (κ2) is 11.6. The lowest BCUT2D eigenvalue weighted by Crippen LogP contribution is -2.39. The smallest absolute Gasteiger partial charge is 0.387 e. The highest BCUT2D eigenvalue weighted by molar-refractivity contribution is 14.0. The third-order valence-electron chi connectivity index (χ3n) is 3.19. The van der Waals surface area contributed by atoms with Crippen LogP contribution < -0.4 is 15.4 Å². The summed E-state index contributed by atoms with van der Waals surface area (Å²) in [5.74, 6) is 0.559. The quantitative estimate of drug-likeness (QED) is 0.305. The maximum absolute atomic E-state index is 12.1. The summed E-state index contributed by atoms with van der Waals surface area (Å²) in [6.07, 6.45) is 0.632. The second-order valence-electron chi connectivity index (χ2n) is 5.03. The summed E-state index contributed by atoms with van der Waals surface area (Å²) in [7, 11) is 0. The predicted molar refractivity (Wildman–Crippen MR) is 103 cm³/mol. The number of aliphatic hydroxyl groups excluding tert-OH is 1. The molecule has 1 aromatic heterocycles. The molecular weight excluding hydrogens is 461 g/mol. The van der Waals surface area contributed by atoms with E-state index in [9.17, 15) is 13.9 Å². The highest BCUT2D eigenvalue weighted by Crippen LogP contribution is 2.18. The average Bonchev–Trinajstić information content (AvgIpc) is 3.10. The Morgan fingerprint density at radius 1 is 1.27 bits per heavy atom. The molecule has 26 heavy (non-hydrogen) atoms. The Hall–Kier alpha value is -1.95. The van der Waals surface area contributed by atoms with Gasteiger partial charge in [0.2, 0.25) is 0 Å². The largest absolute Gasteiger partial charge is 0.435 e. The van der Waals surface area contributed by atoms with E-state index < -0.39 is 12.7 Å². The zero-order valence-corrected chi connectivity index (χ0v) is 16.4. The van der Waals surface area contributed by atoms with Gasteiger partial charge in [0.1, 0.15) is 17.7 Å². The number of aromatic nitrogens is 1. The van der Waals surface area contributed by atoms with Crippen molar-refractivity contribution >= 4 is 29.9 Å². The Morgan fingerprint density at radius 3 is 2.58 bits per heavy atom. The maximum atomic E-state index is 12.1. The fraction of sp³-hybridized carbons (Fsp3) is 0.375. The number of benzene rings is 1. The Balaban J connectivity index is 0.00000338. The molecule has 2 aromatic rings. The molecule has 10 heteroatoms. The first-order valence-electron chi connectivity index (χ1n) is 7.72. The van der Waals surface area contributed by atoms with Crippen molar-refractivity contribution < 1.29 is 23.1 Å². The summed E-state index contributed by atoms with van der Waals surface area (Å²) in [6.45, 7) is 0.230. The molecule has 1 aromatic carbocycles. The van der Waals surface area contributed by atoms with E-state index in [0.717, 1.165) is 0 Å². The number of rotatable bonds is 8. The topological polar surface area (TPSA) is 91.9 Å². The molecule has 0 amide bonds. The zero-order valence-electron chi connectivity index (χ0n) is 14.1. The van der Waals surface area contributed by atoms with Crippen LogP contribution in [0.3, 0.4) is 0 Å². The van der Waals surface area contributed by atoms with E-state index in [4.69, 9.17) is 4.52 Å². The van der Waals surface area contributed by atoms with E-state index in [1.165, 1.54) is 30.5 Å². The molecule has 0 saturated carbocycles. The molecule has 0 bridgehead atoms. The van der Waals surface area contributed by atoms with Gasteiger partial charge in [0.05, 0.1) is 12.6 Å². The molecule has 144 valence electrons. The van der Waals surface area contributed by atoms with Gasteiger partial charge in [-0.05, 0) is 24.6 Å². The van der Waals surface area contributed by atoms with Crippen LogP contribution in [0.4, 0.5) is 8.78 Å².